The molecule has 2 aromatic carbocycles. The average molecular weight is 302 g/mol. The van der Waals surface area contributed by atoms with Crippen LogP contribution >= 0.6 is 0 Å². The fourth-order valence-corrected chi connectivity index (χ4v) is 3.10. The fourth-order valence-electron chi connectivity index (χ4n) is 3.10. The van der Waals surface area contributed by atoms with E-state index in [1.54, 1.807) is 6.08 Å². The first-order valence-electron chi connectivity index (χ1n) is 8.23. The van der Waals surface area contributed by atoms with Gasteiger partial charge in [-0.25, -0.2) is 0 Å². The summed E-state index contributed by atoms with van der Waals surface area (Å²) < 4.78 is 0. The maximum Gasteiger partial charge on any atom is 0.160 e. The number of carbonyl (C=O) groups is 1. The van der Waals surface area contributed by atoms with E-state index in [1.807, 2.05) is 0 Å². The summed E-state index contributed by atoms with van der Waals surface area (Å²) in [7, 11) is 0. The number of allylic oxidation sites excluding steroid dienone is 4. The molecule has 0 saturated heterocycles. The molecule has 1 aliphatic rings. The van der Waals surface area contributed by atoms with Crippen LogP contribution in [0.1, 0.15) is 35.6 Å². The lowest BCUT2D eigenvalue weighted by atomic mass is 9.89. The molecule has 0 heterocycles. The minimum absolute atomic E-state index is 0.201. The van der Waals surface area contributed by atoms with E-state index in [0.717, 1.165) is 24.0 Å². The van der Waals surface area contributed by atoms with Gasteiger partial charge in [-0.2, -0.15) is 0 Å². The highest BCUT2D eigenvalue weighted by atomic mass is 16.1. The summed E-state index contributed by atoms with van der Waals surface area (Å²) in [5.41, 5.74) is 7.21. The monoisotopic (exact) mass is 302 g/mol. The van der Waals surface area contributed by atoms with Crippen LogP contribution in [0.25, 0.3) is 5.57 Å². The van der Waals surface area contributed by atoms with Crippen LogP contribution in [0.15, 0.2) is 66.3 Å². The topological polar surface area (TPSA) is 17.1 Å². The van der Waals surface area contributed by atoms with E-state index in [9.17, 15) is 4.79 Å². The first-order valence-corrected chi connectivity index (χ1v) is 8.23. The molecule has 0 N–H and O–H groups in total. The van der Waals surface area contributed by atoms with Crippen LogP contribution in [0, 0.1) is 6.92 Å². The largest absolute Gasteiger partial charge is 0.294 e. The van der Waals surface area contributed by atoms with Crippen LogP contribution in [-0.4, -0.2) is 5.78 Å². The van der Waals surface area contributed by atoms with Crippen molar-refractivity contribution in [1.29, 1.82) is 0 Å². The first kappa shape index (κ1) is 15.5. The molecule has 0 unspecified atom stereocenters. The van der Waals surface area contributed by atoms with Crippen LogP contribution in [0.4, 0.5) is 0 Å². The zero-order valence-electron chi connectivity index (χ0n) is 13.8. The van der Waals surface area contributed by atoms with Crippen LogP contribution in [-0.2, 0) is 17.6 Å². The highest BCUT2D eigenvalue weighted by Gasteiger charge is 2.14. The van der Waals surface area contributed by atoms with Crippen LogP contribution in [0.5, 0.6) is 0 Å². The van der Waals surface area contributed by atoms with Gasteiger partial charge in [0.25, 0.3) is 0 Å². The molecule has 0 spiro atoms. The van der Waals surface area contributed by atoms with E-state index in [-0.39, 0.29) is 5.78 Å². The van der Waals surface area contributed by atoms with Gasteiger partial charge < -0.3 is 0 Å². The van der Waals surface area contributed by atoms with Crippen LogP contribution < -0.4 is 0 Å². The first-order chi connectivity index (χ1) is 11.1. The maximum absolute atomic E-state index is 12.2. The molecule has 1 heteroatoms. The minimum atomic E-state index is 0.201. The normalized spacial score (nSPS) is 14.4. The third-order valence-corrected chi connectivity index (χ3v) is 4.26. The number of carbonyl (C=O) groups excluding carboxylic acids is 1. The van der Waals surface area contributed by atoms with Crippen molar-refractivity contribution in [3.05, 3.63) is 88.5 Å². The van der Waals surface area contributed by atoms with Crippen molar-refractivity contribution in [2.24, 2.45) is 0 Å². The Morgan fingerprint density at radius 2 is 1.74 bits per heavy atom. The Balaban J connectivity index is 1.89. The van der Waals surface area contributed by atoms with E-state index in [4.69, 9.17) is 0 Å². The standard InChI is InChI=1S/C22H22O/c1-3-17-7-5-9-20(12-17)21-13-19(14-22(23)15-21)11-18-8-4-6-16(2)10-18/h4-10,12-13,15H,3,11,14H2,1-2H3. The molecular formula is C22H22O. The van der Waals surface area contributed by atoms with Crippen LogP contribution in [0.2, 0.25) is 0 Å². The van der Waals surface area contributed by atoms with E-state index < -0.39 is 0 Å². The van der Waals surface area contributed by atoms with E-state index in [0.29, 0.717) is 6.42 Å². The predicted octanol–water partition coefficient (Wildman–Crippen LogP) is 5.08. The third kappa shape index (κ3) is 3.87. The predicted molar refractivity (Wildman–Crippen MR) is 96.4 cm³/mol. The molecule has 1 nitrogen and oxygen atoms in total. The second-order valence-corrected chi connectivity index (χ2v) is 6.27. The number of hydrogen-bond donors (Lipinski definition) is 0. The molecule has 3 rings (SSSR count). The van der Waals surface area contributed by atoms with Crippen molar-refractivity contribution >= 4 is 11.4 Å². The second kappa shape index (κ2) is 6.78. The summed E-state index contributed by atoms with van der Waals surface area (Å²) >= 11 is 0. The Morgan fingerprint density at radius 3 is 2.52 bits per heavy atom. The van der Waals surface area contributed by atoms with Gasteiger partial charge in [-0.15, -0.1) is 0 Å². The molecule has 0 amide bonds. The number of rotatable bonds is 4. The van der Waals surface area contributed by atoms with E-state index in [1.165, 1.54) is 22.3 Å². The van der Waals surface area contributed by atoms with Gasteiger partial charge in [0, 0.05) is 6.42 Å². The Morgan fingerprint density at radius 1 is 0.957 bits per heavy atom. The van der Waals surface area contributed by atoms with Crippen molar-refractivity contribution in [1.82, 2.24) is 0 Å². The second-order valence-electron chi connectivity index (χ2n) is 6.27. The van der Waals surface area contributed by atoms with Crippen molar-refractivity contribution < 1.29 is 4.79 Å². The van der Waals surface area contributed by atoms with Crippen LogP contribution in [0.3, 0.4) is 0 Å². The fraction of sp³-hybridized carbons (Fsp3) is 0.227. The third-order valence-electron chi connectivity index (χ3n) is 4.26. The molecule has 0 saturated carbocycles. The van der Waals surface area contributed by atoms with E-state index in [2.05, 4.69) is 68.5 Å². The molecule has 0 radical (unpaired) electrons. The van der Waals surface area contributed by atoms with Gasteiger partial charge in [0.2, 0.25) is 0 Å². The highest BCUT2D eigenvalue weighted by Crippen LogP contribution is 2.26. The Labute approximate surface area is 138 Å². The Bertz CT molecular complexity index is 793. The lowest BCUT2D eigenvalue weighted by Gasteiger charge is -2.14. The zero-order valence-corrected chi connectivity index (χ0v) is 13.8. The number of ketones is 1. The molecule has 0 aromatic heterocycles. The molecule has 0 atom stereocenters. The molecule has 0 aliphatic heterocycles. The van der Waals surface area contributed by atoms with Gasteiger partial charge in [0.15, 0.2) is 5.78 Å². The quantitative estimate of drug-likeness (QED) is 0.769. The summed E-state index contributed by atoms with van der Waals surface area (Å²) in [6.45, 7) is 4.25. The average Bonchev–Trinajstić information content (AvgIpc) is 2.54. The maximum atomic E-state index is 12.2. The summed E-state index contributed by atoms with van der Waals surface area (Å²) in [5, 5.41) is 0. The van der Waals surface area contributed by atoms with E-state index >= 15 is 0 Å². The smallest absolute Gasteiger partial charge is 0.160 e. The lowest BCUT2D eigenvalue weighted by Crippen LogP contribution is -2.05. The van der Waals surface area contributed by atoms with Gasteiger partial charge >= 0.3 is 0 Å². The molecule has 0 bridgehead atoms. The van der Waals surface area contributed by atoms with Gasteiger partial charge in [-0.1, -0.05) is 72.7 Å². The van der Waals surface area contributed by atoms with Gasteiger partial charge in [-0.05, 0) is 48.1 Å². The number of benzene rings is 2. The van der Waals surface area contributed by atoms with Crippen molar-refractivity contribution in [3.8, 4) is 0 Å². The molecular weight excluding hydrogens is 280 g/mol. The van der Waals surface area contributed by atoms with Crippen molar-refractivity contribution in [3.63, 3.8) is 0 Å². The summed E-state index contributed by atoms with van der Waals surface area (Å²) in [4.78, 5) is 12.2. The zero-order chi connectivity index (χ0) is 16.2. The van der Waals surface area contributed by atoms with Crippen molar-refractivity contribution in [2.45, 2.75) is 33.1 Å². The highest BCUT2D eigenvalue weighted by molar-refractivity contribution is 6.02. The van der Waals surface area contributed by atoms with Gasteiger partial charge in [0.05, 0.1) is 0 Å². The minimum Gasteiger partial charge on any atom is -0.294 e. The molecule has 0 fully saturated rings. The lowest BCUT2D eigenvalue weighted by molar-refractivity contribution is -0.114. The summed E-state index contributed by atoms with van der Waals surface area (Å²) in [6.07, 6.45) is 6.37. The molecule has 1 aliphatic carbocycles. The Kier molecular flexibility index (Phi) is 4.57. The Hall–Kier alpha value is -2.41. The number of hydrogen-bond acceptors (Lipinski definition) is 1. The van der Waals surface area contributed by atoms with Crippen molar-refractivity contribution in [2.75, 3.05) is 0 Å². The summed E-state index contributed by atoms with van der Waals surface area (Å²) in [5.74, 6) is 0.201. The molecule has 23 heavy (non-hydrogen) atoms. The summed E-state index contributed by atoms with van der Waals surface area (Å²) in [6, 6.07) is 17.0. The molecule has 2 aromatic rings. The number of aryl methyl sites for hydroxylation is 2. The molecule has 116 valence electrons. The van der Waals surface area contributed by atoms with Gasteiger partial charge in [-0.3, -0.25) is 4.79 Å². The van der Waals surface area contributed by atoms with Gasteiger partial charge in [0.1, 0.15) is 0 Å². The SMILES string of the molecule is CCc1cccc(C2=CC(=O)CC(Cc3cccc(C)c3)=C2)c1.